The van der Waals surface area contributed by atoms with Gasteiger partial charge in [0.2, 0.25) is 0 Å². The number of phenolic OH excluding ortho intramolecular Hbond substituents is 2. The van der Waals surface area contributed by atoms with Crippen molar-refractivity contribution in [1.29, 1.82) is 0 Å². The molecular formula is C14H13NO4. The van der Waals surface area contributed by atoms with E-state index in [0.29, 0.717) is 11.4 Å². The molecule has 0 aliphatic heterocycles. The summed E-state index contributed by atoms with van der Waals surface area (Å²) < 4.78 is 5.11. The predicted molar refractivity (Wildman–Crippen MR) is 70.7 cm³/mol. The van der Waals surface area contributed by atoms with Gasteiger partial charge in [0.05, 0.1) is 18.4 Å². The number of carbonyl (C=O) groups is 1. The second-order valence-corrected chi connectivity index (χ2v) is 3.83. The van der Waals surface area contributed by atoms with Crippen LogP contribution < -0.4 is 10.1 Å². The van der Waals surface area contributed by atoms with Gasteiger partial charge >= 0.3 is 0 Å². The van der Waals surface area contributed by atoms with Gasteiger partial charge in [0.25, 0.3) is 5.91 Å². The SMILES string of the molecule is COc1ccccc1NC(=O)c1cccc(O)c1O. The first-order chi connectivity index (χ1) is 9.13. The average molecular weight is 259 g/mol. The number of nitrogens with one attached hydrogen (secondary N) is 1. The molecule has 0 fully saturated rings. The first-order valence-corrected chi connectivity index (χ1v) is 5.59. The molecule has 2 rings (SSSR count). The predicted octanol–water partition coefficient (Wildman–Crippen LogP) is 2.36. The second kappa shape index (κ2) is 5.30. The Morgan fingerprint density at radius 3 is 2.58 bits per heavy atom. The molecule has 0 aliphatic carbocycles. The van der Waals surface area contributed by atoms with Gasteiger partial charge in [0.15, 0.2) is 11.5 Å². The molecule has 0 unspecified atom stereocenters. The minimum absolute atomic E-state index is 0.00842. The fraction of sp³-hybridized carbons (Fsp3) is 0.0714. The quantitative estimate of drug-likeness (QED) is 0.739. The summed E-state index contributed by atoms with van der Waals surface area (Å²) in [6, 6.07) is 11.1. The molecule has 0 saturated heterocycles. The third kappa shape index (κ3) is 2.60. The van der Waals surface area contributed by atoms with Crippen LogP contribution >= 0.6 is 0 Å². The number of para-hydroxylation sites is 3. The molecule has 2 aromatic carbocycles. The summed E-state index contributed by atoms with van der Waals surface area (Å²) >= 11 is 0. The molecule has 0 aromatic heterocycles. The van der Waals surface area contributed by atoms with Gasteiger partial charge in [-0.2, -0.15) is 0 Å². The Balaban J connectivity index is 2.28. The van der Waals surface area contributed by atoms with Crippen LogP contribution in [0.25, 0.3) is 0 Å². The topological polar surface area (TPSA) is 78.8 Å². The highest BCUT2D eigenvalue weighted by Gasteiger charge is 2.15. The first-order valence-electron chi connectivity index (χ1n) is 5.59. The molecule has 0 heterocycles. The van der Waals surface area contributed by atoms with E-state index in [0.717, 1.165) is 0 Å². The highest BCUT2D eigenvalue weighted by atomic mass is 16.5. The summed E-state index contributed by atoms with van der Waals surface area (Å²) in [5.74, 6) is -0.809. The van der Waals surface area contributed by atoms with E-state index < -0.39 is 11.7 Å². The van der Waals surface area contributed by atoms with Crippen molar-refractivity contribution in [2.24, 2.45) is 0 Å². The fourth-order valence-corrected chi connectivity index (χ4v) is 1.65. The Labute approximate surface area is 110 Å². The van der Waals surface area contributed by atoms with Crippen LogP contribution in [0.1, 0.15) is 10.4 Å². The maximum atomic E-state index is 12.0. The van der Waals surface area contributed by atoms with E-state index in [1.807, 2.05) is 0 Å². The number of hydrogen-bond acceptors (Lipinski definition) is 4. The third-order valence-corrected chi connectivity index (χ3v) is 2.61. The summed E-state index contributed by atoms with van der Waals surface area (Å²) in [5, 5.41) is 21.6. The molecule has 0 aliphatic rings. The lowest BCUT2D eigenvalue weighted by Gasteiger charge is -2.10. The van der Waals surface area contributed by atoms with E-state index in [-0.39, 0.29) is 11.3 Å². The molecule has 0 radical (unpaired) electrons. The van der Waals surface area contributed by atoms with Gasteiger partial charge < -0.3 is 20.3 Å². The summed E-state index contributed by atoms with van der Waals surface area (Å²) in [7, 11) is 1.50. The van der Waals surface area contributed by atoms with Crippen LogP contribution in [0.2, 0.25) is 0 Å². The number of aromatic hydroxyl groups is 2. The van der Waals surface area contributed by atoms with E-state index in [1.54, 1.807) is 24.3 Å². The van der Waals surface area contributed by atoms with Crippen molar-refractivity contribution in [2.75, 3.05) is 12.4 Å². The molecule has 98 valence electrons. The molecule has 3 N–H and O–H groups in total. The van der Waals surface area contributed by atoms with Crippen LogP contribution in [0.4, 0.5) is 5.69 Å². The molecule has 0 bridgehead atoms. The molecule has 0 spiro atoms. The zero-order chi connectivity index (χ0) is 13.8. The molecular weight excluding hydrogens is 246 g/mol. The monoisotopic (exact) mass is 259 g/mol. The molecule has 0 atom stereocenters. The molecule has 0 saturated carbocycles. The van der Waals surface area contributed by atoms with Gasteiger partial charge in [-0.25, -0.2) is 0 Å². The summed E-state index contributed by atoms with van der Waals surface area (Å²) in [6.45, 7) is 0. The standard InChI is InChI=1S/C14H13NO4/c1-19-12-8-3-2-6-10(12)15-14(18)9-5-4-7-11(16)13(9)17/h2-8,16-17H,1H3,(H,15,18). The largest absolute Gasteiger partial charge is 0.504 e. The molecule has 2 aromatic rings. The Morgan fingerprint density at radius 2 is 1.84 bits per heavy atom. The highest BCUT2D eigenvalue weighted by Crippen LogP contribution is 2.30. The van der Waals surface area contributed by atoms with Crippen molar-refractivity contribution in [3.05, 3.63) is 48.0 Å². The van der Waals surface area contributed by atoms with Gasteiger partial charge in [-0.3, -0.25) is 4.79 Å². The average Bonchev–Trinajstić information content (AvgIpc) is 2.42. The molecule has 5 nitrogen and oxygen atoms in total. The molecule has 5 heteroatoms. The summed E-state index contributed by atoms with van der Waals surface area (Å²) in [5.41, 5.74) is 0.476. The number of ether oxygens (including phenoxy) is 1. The smallest absolute Gasteiger partial charge is 0.259 e. The number of amides is 1. The third-order valence-electron chi connectivity index (χ3n) is 2.61. The van der Waals surface area contributed by atoms with E-state index in [1.165, 1.54) is 25.3 Å². The van der Waals surface area contributed by atoms with Crippen molar-refractivity contribution in [2.45, 2.75) is 0 Å². The van der Waals surface area contributed by atoms with Crippen molar-refractivity contribution >= 4 is 11.6 Å². The van der Waals surface area contributed by atoms with Crippen molar-refractivity contribution in [3.8, 4) is 17.2 Å². The highest BCUT2D eigenvalue weighted by molar-refractivity contribution is 6.07. The fourth-order valence-electron chi connectivity index (χ4n) is 1.65. The van der Waals surface area contributed by atoms with Crippen LogP contribution in [0.3, 0.4) is 0 Å². The van der Waals surface area contributed by atoms with Gasteiger partial charge in [-0.05, 0) is 24.3 Å². The second-order valence-electron chi connectivity index (χ2n) is 3.83. The van der Waals surface area contributed by atoms with Crippen LogP contribution in [0.15, 0.2) is 42.5 Å². The normalized spacial score (nSPS) is 9.95. The Kier molecular flexibility index (Phi) is 3.56. The van der Waals surface area contributed by atoms with E-state index in [2.05, 4.69) is 5.32 Å². The van der Waals surface area contributed by atoms with Crippen molar-refractivity contribution in [1.82, 2.24) is 0 Å². The van der Waals surface area contributed by atoms with Crippen LogP contribution in [0.5, 0.6) is 17.2 Å². The number of anilines is 1. The zero-order valence-corrected chi connectivity index (χ0v) is 10.3. The lowest BCUT2D eigenvalue weighted by atomic mass is 10.1. The number of hydrogen-bond donors (Lipinski definition) is 3. The number of methoxy groups -OCH3 is 1. The van der Waals surface area contributed by atoms with Crippen molar-refractivity contribution in [3.63, 3.8) is 0 Å². The minimum atomic E-state index is -0.530. The van der Waals surface area contributed by atoms with Gasteiger partial charge in [0, 0.05) is 0 Å². The summed E-state index contributed by atoms with van der Waals surface area (Å²) in [4.78, 5) is 12.0. The van der Waals surface area contributed by atoms with Crippen LogP contribution in [0, 0.1) is 0 Å². The van der Waals surface area contributed by atoms with Crippen molar-refractivity contribution < 1.29 is 19.7 Å². The Morgan fingerprint density at radius 1 is 1.11 bits per heavy atom. The first kappa shape index (κ1) is 12.8. The van der Waals surface area contributed by atoms with E-state index in [4.69, 9.17) is 4.74 Å². The van der Waals surface area contributed by atoms with Crippen LogP contribution in [-0.4, -0.2) is 23.2 Å². The van der Waals surface area contributed by atoms with Crippen LogP contribution in [-0.2, 0) is 0 Å². The van der Waals surface area contributed by atoms with E-state index >= 15 is 0 Å². The number of carbonyl (C=O) groups excluding carboxylic acids is 1. The number of rotatable bonds is 3. The van der Waals surface area contributed by atoms with E-state index in [9.17, 15) is 15.0 Å². The van der Waals surface area contributed by atoms with Gasteiger partial charge in [-0.15, -0.1) is 0 Å². The maximum absolute atomic E-state index is 12.0. The Hall–Kier alpha value is -2.69. The number of phenols is 2. The lowest BCUT2D eigenvalue weighted by molar-refractivity contribution is 0.102. The van der Waals surface area contributed by atoms with Gasteiger partial charge in [-0.1, -0.05) is 18.2 Å². The summed E-state index contributed by atoms with van der Waals surface area (Å²) in [6.07, 6.45) is 0. The minimum Gasteiger partial charge on any atom is -0.504 e. The number of benzene rings is 2. The zero-order valence-electron chi connectivity index (χ0n) is 10.3. The molecule has 19 heavy (non-hydrogen) atoms. The molecule has 1 amide bonds. The lowest BCUT2D eigenvalue weighted by Crippen LogP contribution is -2.12. The van der Waals surface area contributed by atoms with Gasteiger partial charge in [0.1, 0.15) is 5.75 Å². The maximum Gasteiger partial charge on any atom is 0.259 e. The Bertz CT molecular complexity index is 610.